The molecule has 0 aliphatic rings. The van der Waals surface area contributed by atoms with E-state index in [1.54, 1.807) is 10.9 Å². The maximum Gasteiger partial charge on any atom is 0.306 e. The van der Waals surface area contributed by atoms with Crippen molar-refractivity contribution in [3.63, 3.8) is 0 Å². The lowest BCUT2D eigenvalue weighted by atomic mass is 10.2. The molecule has 0 aliphatic carbocycles. The molecule has 6 nitrogen and oxygen atoms in total. The molecule has 21 heavy (non-hydrogen) atoms. The highest BCUT2D eigenvalue weighted by atomic mass is 16.5. The molecule has 1 heterocycles. The molecule has 0 aliphatic heterocycles. The van der Waals surface area contributed by atoms with Crippen molar-refractivity contribution in [1.82, 2.24) is 9.78 Å². The molecule has 2 N–H and O–H groups in total. The lowest BCUT2D eigenvalue weighted by Crippen LogP contribution is -2.30. The first kappa shape index (κ1) is 14.8. The number of aromatic nitrogens is 2. The highest BCUT2D eigenvalue weighted by Gasteiger charge is 2.14. The average Bonchev–Trinajstić information content (AvgIpc) is 2.95. The maximum atomic E-state index is 11.6. The van der Waals surface area contributed by atoms with Crippen molar-refractivity contribution in [3.8, 4) is 5.69 Å². The van der Waals surface area contributed by atoms with Crippen LogP contribution in [0.25, 0.3) is 5.69 Å². The number of carbonyl (C=O) groups is 2. The van der Waals surface area contributed by atoms with Gasteiger partial charge in [-0.05, 0) is 31.0 Å². The first-order valence-corrected chi connectivity index (χ1v) is 6.64. The SMILES string of the molecule is CC(OC(=O)CCc1cnn(-c2ccccc2)c1)C(N)=O. The number of hydrogen-bond donors (Lipinski definition) is 1. The number of ether oxygens (including phenoxy) is 1. The summed E-state index contributed by atoms with van der Waals surface area (Å²) in [5.41, 5.74) is 6.90. The Morgan fingerprint density at radius 2 is 2.05 bits per heavy atom. The Morgan fingerprint density at radius 3 is 2.71 bits per heavy atom. The second-order valence-corrected chi connectivity index (χ2v) is 4.66. The number of carbonyl (C=O) groups excluding carboxylic acids is 2. The van der Waals surface area contributed by atoms with Crippen LogP contribution in [0.5, 0.6) is 0 Å². The summed E-state index contributed by atoms with van der Waals surface area (Å²) >= 11 is 0. The van der Waals surface area contributed by atoms with Gasteiger partial charge < -0.3 is 10.5 Å². The molecular formula is C15H17N3O3. The molecule has 0 radical (unpaired) electrons. The number of amides is 1. The van der Waals surface area contributed by atoms with Crippen LogP contribution in [-0.2, 0) is 20.7 Å². The van der Waals surface area contributed by atoms with E-state index >= 15 is 0 Å². The van der Waals surface area contributed by atoms with E-state index in [-0.39, 0.29) is 6.42 Å². The fourth-order valence-corrected chi connectivity index (χ4v) is 1.77. The fraction of sp³-hybridized carbons (Fsp3) is 0.267. The summed E-state index contributed by atoms with van der Waals surface area (Å²) in [5.74, 6) is -1.10. The zero-order chi connectivity index (χ0) is 15.2. The summed E-state index contributed by atoms with van der Waals surface area (Å²) < 4.78 is 6.63. The molecule has 110 valence electrons. The molecule has 0 spiro atoms. The largest absolute Gasteiger partial charge is 0.453 e. The van der Waals surface area contributed by atoms with E-state index < -0.39 is 18.0 Å². The van der Waals surface area contributed by atoms with Gasteiger partial charge in [-0.1, -0.05) is 18.2 Å². The molecule has 1 aromatic carbocycles. The number of rotatable bonds is 6. The normalized spacial score (nSPS) is 11.9. The summed E-state index contributed by atoms with van der Waals surface area (Å²) in [7, 11) is 0. The van der Waals surface area contributed by atoms with Crippen molar-refractivity contribution < 1.29 is 14.3 Å². The van der Waals surface area contributed by atoms with Gasteiger partial charge in [0.15, 0.2) is 6.10 Å². The highest BCUT2D eigenvalue weighted by Crippen LogP contribution is 2.09. The summed E-state index contributed by atoms with van der Waals surface area (Å²) in [5, 5.41) is 4.24. The van der Waals surface area contributed by atoms with Crippen LogP contribution < -0.4 is 5.73 Å². The van der Waals surface area contributed by atoms with Gasteiger partial charge in [-0.25, -0.2) is 4.68 Å². The molecule has 2 rings (SSSR count). The number of primary amides is 1. The van der Waals surface area contributed by atoms with E-state index in [9.17, 15) is 9.59 Å². The average molecular weight is 287 g/mol. The predicted octanol–water partition coefficient (Wildman–Crippen LogP) is 1.22. The van der Waals surface area contributed by atoms with Gasteiger partial charge in [-0.3, -0.25) is 9.59 Å². The lowest BCUT2D eigenvalue weighted by Gasteiger charge is -2.08. The summed E-state index contributed by atoms with van der Waals surface area (Å²) in [6, 6.07) is 9.68. The van der Waals surface area contributed by atoms with E-state index in [0.29, 0.717) is 6.42 Å². The Hall–Kier alpha value is -2.63. The quantitative estimate of drug-likeness (QED) is 0.809. The molecule has 1 atom stereocenters. The minimum atomic E-state index is -0.899. The number of nitrogens with two attached hydrogens (primary N) is 1. The Balaban J connectivity index is 1.89. The van der Waals surface area contributed by atoms with E-state index in [0.717, 1.165) is 11.3 Å². The van der Waals surface area contributed by atoms with Crippen molar-refractivity contribution in [2.45, 2.75) is 25.9 Å². The molecule has 1 amide bonds. The highest BCUT2D eigenvalue weighted by molar-refractivity contribution is 5.81. The number of aryl methyl sites for hydroxylation is 1. The smallest absolute Gasteiger partial charge is 0.306 e. The van der Waals surface area contributed by atoms with E-state index in [1.165, 1.54) is 6.92 Å². The first-order valence-electron chi connectivity index (χ1n) is 6.64. The second-order valence-electron chi connectivity index (χ2n) is 4.66. The fourth-order valence-electron chi connectivity index (χ4n) is 1.77. The number of para-hydroxylation sites is 1. The van der Waals surface area contributed by atoms with Crippen LogP contribution in [0, 0.1) is 0 Å². The van der Waals surface area contributed by atoms with Gasteiger partial charge in [0.05, 0.1) is 11.9 Å². The number of esters is 1. The molecule has 0 saturated carbocycles. The molecule has 0 fully saturated rings. The van der Waals surface area contributed by atoms with Gasteiger partial charge in [0.1, 0.15) is 0 Å². The van der Waals surface area contributed by atoms with Gasteiger partial charge in [-0.2, -0.15) is 5.10 Å². The van der Waals surface area contributed by atoms with Gasteiger partial charge in [0.25, 0.3) is 5.91 Å². The minimum Gasteiger partial charge on any atom is -0.453 e. The molecule has 1 unspecified atom stereocenters. The van der Waals surface area contributed by atoms with Crippen molar-refractivity contribution in [3.05, 3.63) is 48.3 Å². The molecule has 2 aromatic rings. The minimum absolute atomic E-state index is 0.179. The zero-order valence-corrected chi connectivity index (χ0v) is 11.7. The van der Waals surface area contributed by atoms with Crippen LogP contribution in [0.15, 0.2) is 42.7 Å². The van der Waals surface area contributed by atoms with E-state index in [1.807, 2.05) is 36.5 Å². The van der Waals surface area contributed by atoms with Gasteiger partial charge in [-0.15, -0.1) is 0 Å². The van der Waals surface area contributed by atoms with Crippen molar-refractivity contribution in [2.75, 3.05) is 0 Å². The first-order chi connectivity index (χ1) is 10.1. The second kappa shape index (κ2) is 6.69. The van der Waals surface area contributed by atoms with Crippen molar-refractivity contribution in [1.29, 1.82) is 0 Å². The van der Waals surface area contributed by atoms with Crippen LogP contribution in [0.2, 0.25) is 0 Å². The Morgan fingerprint density at radius 1 is 1.33 bits per heavy atom. The van der Waals surface area contributed by atoms with E-state index in [2.05, 4.69) is 5.10 Å². The third-order valence-corrected chi connectivity index (χ3v) is 2.98. The Labute approximate surface area is 122 Å². The van der Waals surface area contributed by atoms with Crippen LogP contribution in [-0.4, -0.2) is 27.8 Å². The Kier molecular flexibility index (Phi) is 4.71. The van der Waals surface area contributed by atoms with Crippen LogP contribution in [0.1, 0.15) is 18.9 Å². The van der Waals surface area contributed by atoms with Gasteiger partial charge >= 0.3 is 5.97 Å². The van der Waals surface area contributed by atoms with Crippen molar-refractivity contribution in [2.24, 2.45) is 5.73 Å². The monoisotopic (exact) mass is 287 g/mol. The maximum absolute atomic E-state index is 11.6. The third kappa shape index (κ3) is 4.17. The lowest BCUT2D eigenvalue weighted by molar-refractivity contribution is -0.153. The number of hydrogen-bond acceptors (Lipinski definition) is 4. The Bertz CT molecular complexity index is 622. The molecule has 6 heteroatoms. The van der Waals surface area contributed by atoms with Gasteiger partial charge in [0.2, 0.25) is 0 Å². The molecule has 1 aromatic heterocycles. The van der Waals surface area contributed by atoms with E-state index in [4.69, 9.17) is 10.5 Å². The topological polar surface area (TPSA) is 87.2 Å². The summed E-state index contributed by atoms with van der Waals surface area (Å²) in [6.45, 7) is 1.45. The number of benzene rings is 1. The zero-order valence-electron chi connectivity index (χ0n) is 11.7. The van der Waals surface area contributed by atoms with Crippen molar-refractivity contribution >= 4 is 11.9 Å². The summed E-state index contributed by atoms with van der Waals surface area (Å²) in [4.78, 5) is 22.4. The van der Waals surface area contributed by atoms with Gasteiger partial charge in [0, 0.05) is 12.6 Å². The van der Waals surface area contributed by atoms with Crippen LogP contribution in [0.4, 0.5) is 0 Å². The van der Waals surface area contributed by atoms with Crippen LogP contribution >= 0.6 is 0 Å². The van der Waals surface area contributed by atoms with Crippen LogP contribution in [0.3, 0.4) is 0 Å². The molecule has 0 saturated heterocycles. The number of nitrogens with zero attached hydrogens (tertiary/aromatic N) is 2. The summed E-state index contributed by atoms with van der Waals surface area (Å²) in [6.07, 6.45) is 3.34. The third-order valence-electron chi connectivity index (χ3n) is 2.98. The molecular weight excluding hydrogens is 270 g/mol. The molecule has 0 bridgehead atoms. The predicted molar refractivity (Wildman–Crippen MR) is 76.6 cm³/mol. The standard InChI is InChI=1S/C15H17N3O3/c1-11(15(16)20)21-14(19)8-7-12-9-17-18(10-12)13-5-3-2-4-6-13/h2-6,9-11H,7-8H2,1H3,(H2,16,20).